The van der Waals surface area contributed by atoms with E-state index in [2.05, 4.69) is 16.8 Å². The van der Waals surface area contributed by atoms with Crippen LogP contribution in [0.4, 0.5) is 0 Å². The van der Waals surface area contributed by atoms with Crippen molar-refractivity contribution in [2.45, 2.75) is 71.8 Å². The van der Waals surface area contributed by atoms with E-state index in [-0.39, 0.29) is 5.97 Å². The van der Waals surface area contributed by atoms with E-state index in [1.165, 1.54) is 19.3 Å². The summed E-state index contributed by atoms with van der Waals surface area (Å²) in [5, 5.41) is 4.39. The summed E-state index contributed by atoms with van der Waals surface area (Å²) in [5.41, 5.74) is -0.471. The zero-order valence-electron chi connectivity index (χ0n) is 10.9. The molecule has 0 unspecified atom stereocenters. The predicted molar refractivity (Wildman–Crippen MR) is 61.4 cm³/mol. The van der Waals surface area contributed by atoms with Crippen molar-refractivity contribution in [3.05, 3.63) is 0 Å². The fraction of sp³-hybridized carbons (Fsp3) is 0.917. The van der Waals surface area contributed by atoms with Gasteiger partial charge < -0.3 is 0 Å². The van der Waals surface area contributed by atoms with Crippen LogP contribution in [0.1, 0.15) is 66.2 Å². The van der Waals surface area contributed by atoms with Crippen molar-refractivity contribution in [1.29, 1.82) is 0 Å². The molecule has 16 heavy (non-hydrogen) atoms. The molecule has 0 fully saturated rings. The second kappa shape index (κ2) is 8.53. The summed E-state index contributed by atoms with van der Waals surface area (Å²) in [7, 11) is 0. The molecule has 0 aliphatic carbocycles. The zero-order chi connectivity index (χ0) is 12.4. The summed E-state index contributed by atoms with van der Waals surface area (Å²) >= 11 is 0. The summed E-state index contributed by atoms with van der Waals surface area (Å²) in [5.74, 6) is -0.374. The van der Waals surface area contributed by atoms with Crippen molar-refractivity contribution < 1.29 is 19.6 Å². The maximum Gasteiger partial charge on any atom is 0.345 e. The maximum atomic E-state index is 11.1. The fourth-order valence-electron chi connectivity index (χ4n) is 1.07. The molecule has 4 heteroatoms. The first kappa shape index (κ1) is 15.4. The predicted octanol–water partition coefficient (Wildman–Crippen LogP) is 3.55. The molecule has 0 spiro atoms. The monoisotopic (exact) mass is 232 g/mol. The molecule has 0 radical (unpaired) electrons. The topological polar surface area (TPSA) is 44.8 Å². The van der Waals surface area contributed by atoms with Crippen molar-refractivity contribution in [1.82, 2.24) is 0 Å². The SMILES string of the molecule is CCCCCCCC(=O)OOOC(C)(C)C. The van der Waals surface area contributed by atoms with Crippen molar-refractivity contribution in [2.24, 2.45) is 0 Å². The van der Waals surface area contributed by atoms with Crippen LogP contribution >= 0.6 is 0 Å². The molecule has 0 aromatic heterocycles. The number of unbranched alkanes of at least 4 members (excludes halogenated alkanes) is 4. The Morgan fingerprint density at radius 2 is 1.69 bits per heavy atom. The summed E-state index contributed by atoms with van der Waals surface area (Å²) in [4.78, 5) is 20.4. The maximum absolute atomic E-state index is 11.1. The van der Waals surface area contributed by atoms with E-state index in [0.717, 1.165) is 12.8 Å². The smallest absolute Gasteiger partial charge is 0.269 e. The van der Waals surface area contributed by atoms with Crippen molar-refractivity contribution in [3.63, 3.8) is 0 Å². The Hall–Kier alpha value is -0.610. The summed E-state index contributed by atoms with van der Waals surface area (Å²) in [6.07, 6.45) is 5.88. The van der Waals surface area contributed by atoms with Crippen LogP contribution in [0.15, 0.2) is 0 Å². The van der Waals surface area contributed by atoms with Crippen molar-refractivity contribution in [3.8, 4) is 0 Å². The number of hydrogen-bond donors (Lipinski definition) is 0. The first-order valence-corrected chi connectivity index (χ1v) is 6.01. The molecule has 0 atom stereocenters. The van der Waals surface area contributed by atoms with Crippen molar-refractivity contribution >= 4 is 5.97 Å². The third-order valence-electron chi connectivity index (χ3n) is 1.90. The molecule has 0 aromatic carbocycles. The van der Waals surface area contributed by atoms with Crippen LogP contribution in [0.5, 0.6) is 0 Å². The van der Waals surface area contributed by atoms with E-state index >= 15 is 0 Å². The Morgan fingerprint density at radius 1 is 1.06 bits per heavy atom. The number of carbonyl (C=O) groups is 1. The largest absolute Gasteiger partial charge is 0.345 e. The summed E-state index contributed by atoms with van der Waals surface area (Å²) < 4.78 is 0. The Labute approximate surface area is 98.1 Å². The van der Waals surface area contributed by atoms with Gasteiger partial charge in [-0.2, -0.15) is 4.89 Å². The molecule has 0 N–H and O–H groups in total. The van der Waals surface area contributed by atoms with Gasteiger partial charge in [-0.1, -0.05) is 32.6 Å². The molecule has 0 bridgehead atoms. The first-order chi connectivity index (χ1) is 7.45. The standard InChI is InChI=1S/C12H24O4/c1-5-6-7-8-9-10-11(13)14-16-15-12(2,3)4/h5-10H2,1-4H3. The molecule has 0 aromatic rings. The van der Waals surface area contributed by atoms with Gasteiger partial charge in [0.05, 0.1) is 5.60 Å². The molecule has 0 amide bonds. The number of hydrogen-bond acceptors (Lipinski definition) is 4. The van der Waals surface area contributed by atoms with E-state index in [0.29, 0.717) is 6.42 Å². The van der Waals surface area contributed by atoms with Gasteiger partial charge in [0.1, 0.15) is 0 Å². The Balaban J connectivity index is 3.32. The minimum absolute atomic E-state index is 0.374. The molecule has 0 heterocycles. The van der Waals surface area contributed by atoms with Gasteiger partial charge in [-0.15, -0.1) is 0 Å². The van der Waals surface area contributed by atoms with Crippen LogP contribution < -0.4 is 0 Å². The minimum atomic E-state index is -0.471. The highest BCUT2D eigenvalue weighted by Gasteiger charge is 2.13. The highest BCUT2D eigenvalue weighted by Crippen LogP contribution is 2.09. The van der Waals surface area contributed by atoms with Gasteiger partial charge in [-0.25, -0.2) is 4.79 Å². The molecule has 96 valence electrons. The van der Waals surface area contributed by atoms with Gasteiger partial charge in [-0.05, 0) is 32.2 Å². The molecule has 0 aliphatic rings. The lowest BCUT2D eigenvalue weighted by molar-refractivity contribution is -0.514. The average Bonchev–Trinajstić information content (AvgIpc) is 2.15. The Bertz CT molecular complexity index is 184. The number of rotatable bonds is 8. The fourth-order valence-corrected chi connectivity index (χ4v) is 1.07. The average molecular weight is 232 g/mol. The molecule has 0 saturated heterocycles. The van der Waals surface area contributed by atoms with Gasteiger partial charge in [0.2, 0.25) is 0 Å². The summed E-state index contributed by atoms with van der Waals surface area (Å²) in [6.45, 7) is 7.59. The lowest BCUT2D eigenvalue weighted by Crippen LogP contribution is -2.20. The third-order valence-corrected chi connectivity index (χ3v) is 1.90. The van der Waals surface area contributed by atoms with Gasteiger partial charge >= 0.3 is 5.97 Å². The van der Waals surface area contributed by atoms with Crippen LogP contribution in [0.2, 0.25) is 0 Å². The second-order valence-electron chi connectivity index (χ2n) is 4.88. The van der Waals surface area contributed by atoms with Crippen LogP contribution in [0, 0.1) is 0 Å². The second-order valence-corrected chi connectivity index (χ2v) is 4.88. The molecule has 4 nitrogen and oxygen atoms in total. The van der Waals surface area contributed by atoms with Gasteiger partial charge in [-0.3, -0.25) is 4.89 Å². The van der Waals surface area contributed by atoms with E-state index < -0.39 is 5.60 Å². The van der Waals surface area contributed by atoms with Crippen LogP contribution in [-0.2, 0) is 19.6 Å². The highest BCUT2D eigenvalue weighted by atomic mass is 17.5. The highest BCUT2D eigenvalue weighted by molar-refractivity contribution is 5.68. The molecule has 0 rings (SSSR count). The van der Waals surface area contributed by atoms with Crippen LogP contribution in [0.3, 0.4) is 0 Å². The van der Waals surface area contributed by atoms with Gasteiger partial charge in [0.15, 0.2) is 0 Å². The van der Waals surface area contributed by atoms with E-state index in [4.69, 9.17) is 4.89 Å². The normalized spacial score (nSPS) is 11.5. The first-order valence-electron chi connectivity index (χ1n) is 6.01. The number of carbonyl (C=O) groups excluding carboxylic acids is 1. The van der Waals surface area contributed by atoms with E-state index in [1.54, 1.807) is 0 Å². The lowest BCUT2D eigenvalue weighted by atomic mass is 10.1. The van der Waals surface area contributed by atoms with E-state index in [9.17, 15) is 4.79 Å². The Kier molecular flexibility index (Phi) is 8.21. The minimum Gasteiger partial charge on any atom is -0.269 e. The molecule has 0 saturated carbocycles. The van der Waals surface area contributed by atoms with Crippen LogP contribution in [0.25, 0.3) is 0 Å². The zero-order valence-corrected chi connectivity index (χ0v) is 10.9. The van der Waals surface area contributed by atoms with Crippen molar-refractivity contribution in [2.75, 3.05) is 0 Å². The molecular weight excluding hydrogens is 208 g/mol. The van der Waals surface area contributed by atoms with Crippen LogP contribution in [-0.4, -0.2) is 11.6 Å². The Morgan fingerprint density at radius 3 is 2.25 bits per heavy atom. The molecule has 0 aliphatic heterocycles. The third kappa shape index (κ3) is 11.5. The lowest BCUT2D eigenvalue weighted by Gasteiger charge is -2.15. The summed E-state index contributed by atoms with van der Waals surface area (Å²) in [6, 6.07) is 0. The van der Waals surface area contributed by atoms with E-state index in [1.807, 2.05) is 20.8 Å². The quantitative estimate of drug-likeness (QED) is 0.365. The molecular formula is C12H24O4. The van der Waals surface area contributed by atoms with Gasteiger partial charge in [0, 0.05) is 6.42 Å². The van der Waals surface area contributed by atoms with Gasteiger partial charge in [0.25, 0.3) is 0 Å².